The molecular formula is C13H23N3S. The van der Waals surface area contributed by atoms with Crippen LogP contribution in [0, 0.1) is 5.92 Å². The number of rotatable bonds is 5. The second kappa shape index (κ2) is 4.94. The lowest BCUT2D eigenvalue weighted by Gasteiger charge is -2.27. The molecule has 0 aliphatic heterocycles. The van der Waals surface area contributed by atoms with Gasteiger partial charge in [-0.2, -0.15) is 0 Å². The maximum atomic E-state index is 5.82. The molecule has 1 unspecified atom stereocenters. The van der Waals surface area contributed by atoms with Gasteiger partial charge in [-0.3, -0.25) is 0 Å². The number of hydrogen-bond acceptors (Lipinski definition) is 4. The molecule has 4 heteroatoms. The first-order chi connectivity index (χ1) is 8.04. The smallest absolute Gasteiger partial charge is 0.185 e. The van der Waals surface area contributed by atoms with Crippen molar-refractivity contribution < 1.29 is 0 Å². The Bertz CT molecular complexity index is 382. The second-order valence-corrected chi connectivity index (χ2v) is 6.44. The standard InChI is InChI=1S/C13H23N3S/c1-8(2)9(3)16(4)13-15-12(10-5-6-10)11(7-14)17-13/h8-10H,5-7,14H2,1-4H3. The fourth-order valence-corrected chi connectivity index (χ4v) is 3.02. The van der Waals surface area contributed by atoms with E-state index in [2.05, 4.69) is 32.7 Å². The topological polar surface area (TPSA) is 42.2 Å². The van der Waals surface area contributed by atoms with Crippen molar-refractivity contribution in [3.8, 4) is 0 Å². The zero-order chi connectivity index (χ0) is 12.6. The van der Waals surface area contributed by atoms with E-state index in [-0.39, 0.29) is 0 Å². The zero-order valence-corrected chi connectivity index (χ0v) is 12.0. The van der Waals surface area contributed by atoms with Crippen LogP contribution < -0.4 is 10.6 Å². The summed E-state index contributed by atoms with van der Waals surface area (Å²) in [7, 11) is 2.14. The third-order valence-corrected chi connectivity index (χ3v) is 4.93. The van der Waals surface area contributed by atoms with E-state index in [0.29, 0.717) is 24.4 Å². The number of nitrogens with two attached hydrogens (primary N) is 1. The van der Waals surface area contributed by atoms with Crippen molar-refractivity contribution in [3.05, 3.63) is 10.6 Å². The minimum atomic E-state index is 0.513. The predicted molar refractivity (Wildman–Crippen MR) is 74.7 cm³/mol. The molecule has 1 heterocycles. The van der Waals surface area contributed by atoms with Crippen LogP contribution in [-0.2, 0) is 6.54 Å². The Kier molecular flexibility index (Phi) is 3.73. The van der Waals surface area contributed by atoms with Gasteiger partial charge in [0.1, 0.15) is 0 Å². The van der Waals surface area contributed by atoms with Crippen LogP contribution in [0.5, 0.6) is 0 Å². The highest BCUT2D eigenvalue weighted by Gasteiger charge is 2.30. The van der Waals surface area contributed by atoms with Gasteiger partial charge in [0.15, 0.2) is 5.13 Å². The van der Waals surface area contributed by atoms with Crippen LogP contribution in [0.1, 0.15) is 50.1 Å². The Balaban J connectivity index is 2.20. The molecule has 1 saturated carbocycles. The van der Waals surface area contributed by atoms with Crippen molar-refractivity contribution in [2.75, 3.05) is 11.9 Å². The summed E-state index contributed by atoms with van der Waals surface area (Å²) in [6, 6.07) is 0.513. The molecule has 2 rings (SSSR count). The minimum absolute atomic E-state index is 0.513. The monoisotopic (exact) mass is 253 g/mol. The number of aromatic nitrogens is 1. The Morgan fingerprint density at radius 1 is 1.41 bits per heavy atom. The third-order valence-electron chi connectivity index (χ3n) is 3.74. The van der Waals surface area contributed by atoms with Crippen LogP contribution in [0.3, 0.4) is 0 Å². The van der Waals surface area contributed by atoms with E-state index >= 15 is 0 Å². The van der Waals surface area contributed by atoms with Gasteiger partial charge in [0.2, 0.25) is 0 Å². The van der Waals surface area contributed by atoms with Crippen LogP contribution in [0.2, 0.25) is 0 Å². The Labute approximate surface area is 108 Å². The molecule has 17 heavy (non-hydrogen) atoms. The zero-order valence-electron chi connectivity index (χ0n) is 11.2. The van der Waals surface area contributed by atoms with Crippen molar-refractivity contribution >= 4 is 16.5 Å². The molecule has 3 nitrogen and oxygen atoms in total. The molecule has 1 aliphatic rings. The highest BCUT2D eigenvalue weighted by molar-refractivity contribution is 7.15. The lowest BCUT2D eigenvalue weighted by Crippen LogP contribution is -2.33. The van der Waals surface area contributed by atoms with Crippen LogP contribution in [-0.4, -0.2) is 18.1 Å². The van der Waals surface area contributed by atoms with E-state index in [1.54, 1.807) is 11.3 Å². The Morgan fingerprint density at radius 2 is 2.06 bits per heavy atom. The molecule has 0 spiro atoms. The highest BCUT2D eigenvalue weighted by Crippen LogP contribution is 2.44. The molecule has 0 radical (unpaired) electrons. The quantitative estimate of drug-likeness (QED) is 0.877. The molecule has 0 bridgehead atoms. The molecule has 1 atom stereocenters. The van der Waals surface area contributed by atoms with Crippen molar-refractivity contribution in [1.29, 1.82) is 0 Å². The molecule has 1 aromatic heterocycles. The number of hydrogen-bond donors (Lipinski definition) is 1. The average Bonchev–Trinajstić information content (AvgIpc) is 3.06. The van der Waals surface area contributed by atoms with Crippen molar-refractivity contribution in [2.45, 2.75) is 52.1 Å². The summed E-state index contributed by atoms with van der Waals surface area (Å²) >= 11 is 1.77. The molecule has 1 fully saturated rings. The summed E-state index contributed by atoms with van der Waals surface area (Å²) in [6.45, 7) is 7.39. The summed E-state index contributed by atoms with van der Waals surface area (Å²) in [4.78, 5) is 8.39. The first kappa shape index (κ1) is 12.8. The van der Waals surface area contributed by atoms with Crippen LogP contribution in [0.4, 0.5) is 5.13 Å². The molecule has 1 aliphatic carbocycles. The first-order valence-corrected chi connectivity index (χ1v) is 7.28. The number of thiazole rings is 1. The molecule has 2 N–H and O–H groups in total. The number of nitrogens with zero attached hydrogens (tertiary/aromatic N) is 2. The van der Waals surface area contributed by atoms with Gasteiger partial charge in [-0.1, -0.05) is 13.8 Å². The Hall–Kier alpha value is -0.610. The summed E-state index contributed by atoms with van der Waals surface area (Å²) < 4.78 is 0. The molecule has 0 aromatic carbocycles. The SMILES string of the molecule is CC(C)C(C)N(C)c1nc(C2CC2)c(CN)s1. The van der Waals surface area contributed by atoms with Gasteiger partial charge in [-0.15, -0.1) is 11.3 Å². The normalized spacial score (nSPS) is 17.5. The Morgan fingerprint density at radius 3 is 2.53 bits per heavy atom. The lowest BCUT2D eigenvalue weighted by atomic mass is 10.1. The summed E-state index contributed by atoms with van der Waals surface area (Å²) in [5.74, 6) is 1.33. The van der Waals surface area contributed by atoms with Gasteiger partial charge >= 0.3 is 0 Å². The highest BCUT2D eigenvalue weighted by atomic mass is 32.1. The van der Waals surface area contributed by atoms with E-state index in [0.717, 1.165) is 5.13 Å². The van der Waals surface area contributed by atoms with Crippen LogP contribution in [0.25, 0.3) is 0 Å². The molecule has 0 saturated heterocycles. The summed E-state index contributed by atoms with van der Waals surface area (Å²) in [5, 5.41) is 1.13. The maximum Gasteiger partial charge on any atom is 0.185 e. The van der Waals surface area contributed by atoms with Gasteiger partial charge in [0, 0.05) is 30.4 Å². The van der Waals surface area contributed by atoms with E-state index in [1.807, 2.05) is 0 Å². The predicted octanol–water partition coefficient (Wildman–Crippen LogP) is 2.96. The maximum absolute atomic E-state index is 5.82. The van der Waals surface area contributed by atoms with E-state index in [4.69, 9.17) is 10.7 Å². The van der Waals surface area contributed by atoms with Crippen molar-refractivity contribution in [2.24, 2.45) is 11.7 Å². The van der Waals surface area contributed by atoms with Gasteiger partial charge < -0.3 is 10.6 Å². The first-order valence-electron chi connectivity index (χ1n) is 6.47. The molecular weight excluding hydrogens is 230 g/mol. The fraction of sp³-hybridized carbons (Fsp3) is 0.769. The van der Waals surface area contributed by atoms with E-state index < -0.39 is 0 Å². The molecule has 96 valence electrons. The fourth-order valence-electron chi connectivity index (χ4n) is 1.94. The summed E-state index contributed by atoms with van der Waals surface area (Å²) in [5.41, 5.74) is 7.09. The van der Waals surface area contributed by atoms with Crippen LogP contribution >= 0.6 is 11.3 Å². The molecule has 0 amide bonds. The average molecular weight is 253 g/mol. The number of anilines is 1. The summed E-state index contributed by atoms with van der Waals surface area (Å²) in [6.07, 6.45) is 2.58. The van der Waals surface area contributed by atoms with Gasteiger partial charge in [0.25, 0.3) is 0 Å². The van der Waals surface area contributed by atoms with Crippen LogP contribution in [0.15, 0.2) is 0 Å². The lowest BCUT2D eigenvalue weighted by molar-refractivity contribution is 0.505. The largest absolute Gasteiger partial charge is 0.348 e. The minimum Gasteiger partial charge on any atom is -0.348 e. The van der Waals surface area contributed by atoms with Gasteiger partial charge in [-0.05, 0) is 25.7 Å². The van der Waals surface area contributed by atoms with Crippen molar-refractivity contribution in [1.82, 2.24) is 4.98 Å². The van der Waals surface area contributed by atoms with E-state index in [9.17, 15) is 0 Å². The van der Waals surface area contributed by atoms with Gasteiger partial charge in [0.05, 0.1) is 5.69 Å². The molecule has 1 aromatic rings. The van der Waals surface area contributed by atoms with E-state index in [1.165, 1.54) is 23.4 Å². The van der Waals surface area contributed by atoms with Crippen molar-refractivity contribution in [3.63, 3.8) is 0 Å². The third kappa shape index (κ3) is 2.63. The van der Waals surface area contributed by atoms with Gasteiger partial charge in [-0.25, -0.2) is 4.98 Å². The second-order valence-electron chi connectivity index (χ2n) is 5.38.